The van der Waals surface area contributed by atoms with Crippen LogP contribution in [0.25, 0.3) is 0 Å². The average molecular weight is 417 g/mol. The van der Waals surface area contributed by atoms with Gasteiger partial charge in [0.25, 0.3) is 0 Å². The molecule has 1 heterocycles. The maximum atomic E-state index is 11.9. The first kappa shape index (κ1) is 24.9. The van der Waals surface area contributed by atoms with E-state index >= 15 is 0 Å². The summed E-state index contributed by atoms with van der Waals surface area (Å²) in [6, 6.07) is 0. The number of hydrogen-bond acceptors (Lipinski definition) is 6. The zero-order valence-electron chi connectivity index (χ0n) is 17.6. The van der Waals surface area contributed by atoms with E-state index in [1.807, 2.05) is 0 Å². The Kier molecular flexibility index (Phi) is 14.0. The smallest absolute Gasteiger partial charge is 0.317 e. The van der Waals surface area contributed by atoms with Gasteiger partial charge in [0, 0.05) is 0 Å². The molecule has 0 saturated carbocycles. The summed E-state index contributed by atoms with van der Waals surface area (Å²) >= 11 is 0. The van der Waals surface area contributed by atoms with Gasteiger partial charge in [0.05, 0.1) is 6.61 Å². The number of anilines is 1. The van der Waals surface area contributed by atoms with Gasteiger partial charge in [0.2, 0.25) is 5.03 Å². The van der Waals surface area contributed by atoms with Crippen LogP contribution in [0.15, 0.2) is 5.03 Å². The molecule has 0 fully saturated rings. The molecule has 0 unspecified atom stereocenters. The number of hydrogen-bond donors (Lipinski definition) is 2. The monoisotopic (exact) mass is 416 g/mol. The van der Waals surface area contributed by atoms with E-state index < -0.39 is 10.1 Å². The van der Waals surface area contributed by atoms with Gasteiger partial charge in [0.1, 0.15) is 0 Å². The number of H-pyrrole nitrogens is 1. The standard InChI is InChI=1S/C20H40N4O3S/c1-2-3-4-5-6-7-8-9-10-11-12-13-14-15-16-17-18-27-28(25,26)20-19(21)22-24-23-20/h2-18H2,1H3,(H3,21,22,23,24). The minimum absolute atomic E-state index is 0.160. The van der Waals surface area contributed by atoms with Crippen molar-refractivity contribution in [3.63, 3.8) is 0 Å². The highest BCUT2D eigenvalue weighted by Gasteiger charge is 2.21. The largest absolute Gasteiger partial charge is 0.380 e. The molecule has 0 aliphatic heterocycles. The third kappa shape index (κ3) is 11.6. The summed E-state index contributed by atoms with van der Waals surface area (Å²) < 4.78 is 28.7. The molecule has 1 aromatic heterocycles. The first-order chi connectivity index (χ1) is 13.6. The molecule has 0 amide bonds. The molecular formula is C20H40N4O3S. The van der Waals surface area contributed by atoms with Crippen LogP contribution in [-0.4, -0.2) is 30.4 Å². The Bertz CT molecular complexity index is 590. The van der Waals surface area contributed by atoms with Crippen molar-refractivity contribution >= 4 is 15.9 Å². The van der Waals surface area contributed by atoms with Gasteiger partial charge in [-0.1, -0.05) is 108 Å². The van der Waals surface area contributed by atoms with Crippen LogP contribution in [0.5, 0.6) is 0 Å². The van der Waals surface area contributed by atoms with Gasteiger partial charge in [0.15, 0.2) is 5.82 Å². The van der Waals surface area contributed by atoms with Crippen LogP contribution < -0.4 is 5.73 Å². The molecule has 164 valence electrons. The number of rotatable bonds is 19. The molecule has 1 aromatic rings. The fourth-order valence-corrected chi connectivity index (χ4v) is 4.19. The van der Waals surface area contributed by atoms with Crippen molar-refractivity contribution < 1.29 is 12.6 Å². The second-order valence-electron chi connectivity index (χ2n) is 7.61. The number of nitrogens with one attached hydrogen (secondary N) is 1. The predicted molar refractivity (Wildman–Crippen MR) is 113 cm³/mol. The molecule has 0 spiro atoms. The third-order valence-electron chi connectivity index (χ3n) is 5.03. The fraction of sp³-hybridized carbons (Fsp3) is 0.900. The Labute approximate surface area is 171 Å². The maximum absolute atomic E-state index is 11.9. The van der Waals surface area contributed by atoms with Gasteiger partial charge in [-0.2, -0.15) is 8.42 Å². The highest BCUT2D eigenvalue weighted by molar-refractivity contribution is 7.86. The van der Waals surface area contributed by atoms with E-state index in [-0.39, 0.29) is 17.5 Å². The van der Waals surface area contributed by atoms with Crippen LogP contribution >= 0.6 is 0 Å². The highest BCUT2D eigenvalue weighted by Crippen LogP contribution is 2.16. The second-order valence-corrected chi connectivity index (χ2v) is 9.16. The second kappa shape index (κ2) is 15.7. The quantitative estimate of drug-likeness (QED) is 0.232. The molecule has 28 heavy (non-hydrogen) atoms. The molecule has 0 atom stereocenters. The van der Waals surface area contributed by atoms with E-state index in [1.165, 1.54) is 83.5 Å². The van der Waals surface area contributed by atoms with E-state index in [0.29, 0.717) is 0 Å². The SMILES string of the molecule is CCCCCCCCCCCCCCCCCCOS(=O)(=O)c1[nH]nnc1N. The van der Waals surface area contributed by atoms with Crippen molar-refractivity contribution in [1.29, 1.82) is 0 Å². The number of aromatic amines is 1. The molecule has 0 aliphatic rings. The molecule has 0 saturated heterocycles. The summed E-state index contributed by atoms with van der Waals surface area (Å²) in [6.45, 7) is 2.43. The van der Waals surface area contributed by atoms with E-state index in [9.17, 15) is 8.42 Å². The lowest BCUT2D eigenvalue weighted by molar-refractivity contribution is 0.305. The normalized spacial score (nSPS) is 11.9. The van der Waals surface area contributed by atoms with Crippen molar-refractivity contribution in [2.45, 2.75) is 115 Å². The summed E-state index contributed by atoms with van der Waals surface area (Å²) in [7, 11) is -3.87. The number of nitrogens with two attached hydrogens (primary N) is 1. The molecule has 3 N–H and O–H groups in total. The number of aromatic nitrogens is 3. The average Bonchev–Trinajstić information content (AvgIpc) is 3.11. The molecule has 1 rings (SSSR count). The first-order valence-corrected chi connectivity index (χ1v) is 12.5. The van der Waals surface area contributed by atoms with Gasteiger partial charge in [-0.15, -0.1) is 5.10 Å². The Hall–Kier alpha value is -1.15. The van der Waals surface area contributed by atoms with E-state index in [1.54, 1.807) is 0 Å². The van der Waals surface area contributed by atoms with Crippen LogP contribution in [0, 0.1) is 0 Å². The van der Waals surface area contributed by atoms with Gasteiger partial charge in [-0.05, 0) is 6.42 Å². The van der Waals surface area contributed by atoms with Gasteiger partial charge < -0.3 is 5.73 Å². The lowest BCUT2D eigenvalue weighted by Gasteiger charge is -2.05. The van der Waals surface area contributed by atoms with Crippen molar-refractivity contribution in [2.75, 3.05) is 12.3 Å². The molecule has 7 nitrogen and oxygen atoms in total. The minimum Gasteiger partial charge on any atom is -0.380 e. The zero-order chi connectivity index (χ0) is 20.5. The number of nitrogens with zero attached hydrogens (tertiary/aromatic N) is 2. The van der Waals surface area contributed by atoms with E-state index in [0.717, 1.165) is 19.3 Å². The van der Waals surface area contributed by atoms with Crippen LogP contribution in [0.3, 0.4) is 0 Å². The Morgan fingerprint density at radius 3 is 1.61 bits per heavy atom. The maximum Gasteiger partial charge on any atom is 0.317 e. The summed E-state index contributed by atoms with van der Waals surface area (Å²) in [5, 5.41) is 8.77. The van der Waals surface area contributed by atoms with Gasteiger partial charge in [-0.3, -0.25) is 4.18 Å². The van der Waals surface area contributed by atoms with E-state index in [4.69, 9.17) is 9.92 Å². The summed E-state index contributed by atoms with van der Waals surface area (Å²) in [6.07, 6.45) is 20.5. The van der Waals surface area contributed by atoms with Crippen molar-refractivity contribution in [3.05, 3.63) is 0 Å². The van der Waals surface area contributed by atoms with Crippen molar-refractivity contribution in [2.24, 2.45) is 0 Å². The predicted octanol–water partition coefficient (Wildman–Crippen LogP) is 5.35. The lowest BCUT2D eigenvalue weighted by atomic mass is 10.0. The Balaban J connectivity index is 1.83. The Morgan fingerprint density at radius 1 is 0.786 bits per heavy atom. The Morgan fingerprint density at radius 2 is 1.21 bits per heavy atom. The number of nitrogen functional groups attached to an aromatic ring is 1. The molecule has 0 aromatic carbocycles. The van der Waals surface area contributed by atoms with Crippen LogP contribution in [0.2, 0.25) is 0 Å². The van der Waals surface area contributed by atoms with Crippen LogP contribution in [0.4, 0.5) is 5.82 Å². The van der Waals surface area contributed by atoms with Crippen LogP contribution in [-0.2, 0) is 14.3 Å². The number of unbranched alkanes of at least 4 members (excludes halogenated alkanes) is 15. The topological polar surface area (TPSA) is 111 Å². The van der Waals surface area contributed by atoms with Crippen LogP contribution in [0.1, 0.15) is 110 Å². The molecular weight excluding hydrogens is 376 g/mol. The minimum atomic E-state index is -3.87. The molecule has 0 aliphatic carbocycles. The lowest BCUT2D eigenvalue weighted by Crippen LogP contribution is -2.10. The fourth-order valence-electron chi connectivity index (χ4n) is 3.29. The van der Waals surface area contributed by atoms with Gasteiger partial charge >= 0.3 is 10.1 Å². The third-order valence-corrected chi connectivity index (χ3v) is 6.31. The first-order valence-electron chi connectivity index (χ1n) is 11.1. The van der Waals surface area contributed by atoms with Crippen molar-refractivity contribution in [1.82, 2.24) is 15.4 Å². The summed E-state index contributed by atoms with van der Waals surface area (Å²) in [4.78, 5) is 0. The molecule has 0 radical (unpaired) electrons. The molecule has 0 bridgehead atoms. The summed E-state index contributed by atoms with van der Waals surface area (Å²) in [5.41, 5.74) is 5.43. The zero-order valence-corrected chi connectivity index (χ0v) is 18.4. The van der Waals surface area contributed by atoms with Crippen molar-refractivity contribution in [3.8, 4) is 0 Å². The summed E-state index contributed by atoms with van der Waals surface area (Å²) in [5.74, 6) is -0.160. The highest BCUT2D eigenvalue weighted by atomic mass is 32.2. The van der Waals surface area contributed by atoms with E-state index in [2.05, 4.69) is 22.3 Å². The molecule has 8 heteroatoms. The van der Waals surface area contributed by atoms with Gasteiger partial charge in [-0.25, -0.2) is 5.10 Å².